The van der Waals surface area contributed by atoms with Crippen molar-refractivity contribution >= 4 is 57.4 Å². The molecular formula is C21H13Cl3N4O3. The Morgan fingerprint density at radius 3 is 2.42 bits per heavy atom. The Morgan fingerprint density at radius 2 is 1.71 bits per heavy atom. The van der Waals surface area contributed by atoms with Crippen molar-refractivity contribution in [3.8, 4) is 0 Å². The second kappa shape index (κ2) is 8.55. The molecule has 156 valence electrons. The van der Waals surface area contributed by atoms with Gasteiger partial charge in [0, 0.05) is 36.2 Å². The van der Waals surface area contributed by atoms with Crippen LogP contribution in [0.5, 0.6) is 0 Å². The predicted octanol–water partition coefficient (Wildman–Crippen LogP) is 4.35. The highest BCUT2D eigenvalue weighted by Gasteiger charge is 2.19. The lowest BCUT2D eigenvalue weighted by atomic mass is 10.1. The van der Waals surface area contributed by atoms with Gasteiger partial charge in [-0.3, -0.25) is 19.4 Å². The van der Waals surface area contributed by atoms with Crippen LogP contribution in [0.4, 0.5) is 5.69 Å². The first kappa shape index (κ1) is 21.1. The number of anilines is 1. The number of rotatable bonds is 4. The minimum Gasteiger partial charge on any atom is -0.341 e. The molecular weight excluding hydrogens is 463 g/mol. The van der Waals surface area contributed by atoms with Crippen LogP contribution < -0.4 is 16.3 Å². The molecule has 0 spiro atoms. The third kappa shape index (κ3) is 4.20. The molecule has 0 saturated carbocycles. The summed E-state index contributed by atoms with van der Waals surface area (Å²) in [5.74, 6) is -0.737. The molecule has 10 heteroatoms. The number of H-pyrrole nitrogens is 1. The van der Waals surface area contributed by atoms with E-state index in [1.807, 2.05) is 12.1 Å². The van der Waals surface area contributed by atoms with E-state index in [2.05, 4.69) is 15.3 Å². The van der Waals surface area contributed by atoms with E-state index in [0.717, 1.165) is 5.56 Å². The molecule has 2 N–H and O–H groups in total. The maximum atomic E-state index is 13.0. The van der Waals surface area contributed by atoms with E-state index in [1.54, 1.807) is 16.7 Å². The van der Waals surface area contributed by atoms with Gasteiger partial charge in [-0.05, 0) is 17.7 Å². The molecule has 0 bridgehead atoms. The molecule has 4 aromatic rings. The zero-order valence-corrected chi connectivity index (χ0v) is 17.9. The summed E-state index contributed by atoms with van der Waals surface area (Å²) < 4.78 is 1.67. The van der Waals surface area contributed by atoms with Crippen LogP contribution in [-0.4, -0.2) is 20.4 Å². The van der Waals surface area contributed by atoms with E-state index in [0.29, 0.717) is 10.5 Å². The molecule has 0 aliphatic rings. The fraction of sp³-hybridized carbons (Fsp3) is 0.0476. The van der Waals surface area contributed by atoms with Gasteiger partial charge in [0.1, 0.15) is 11.1 Å². The first-order valence-electron chi connectivity index (χ1n) is 8.95. The summed E-state index contributed by atoms with van der Waals surface area (Å²) in [5.41, 5.74) is 0.0352. The number of benzene rings is 1. The van der Waals surface area contributed by atoms with Gasteiger partial charge >= 0.3 is 0 Å². The van der Waals surface area contributed by atoms with E-state index < -0.39 is 16.9 Å². The minimum absolute atomic E-state index is 0.000809. The third-order valence-corrected chi connectivity index (χ3v) is 5.54. The topological polar surface area (TPSA) is 96.8 Å². The Balaban J connectivity index is 1.86. The number of halogens is 3. The standard InChI is InChI=1S/C21H13Cl3N4O3/c22-13-4-2-1-3-11(13)9-28-10-12(20(30)19-16(28)5-6-17(29)26-19)21(31)27-18-14(23)7-25-8-15(18)24/h1-8,10H,9H2,(H,26,29)(H,25,27,31). The molecule has 0 radical (unpaired) electrons. The molecule has 3 heterocycles. The van der Waals surface area contributed by atoms with Crippen LogP contribution in [0.3, 0.4) is 0 Å². The van der Waals surface area contributed by atoms with Crippen LogP contribution in [-0.2, 0) is 6.54 Å². The molecule has 1 aromatic carbocycles. The summed E-state index contributed by atoms with van der Waals surface area (Å²) in [5, 5.41) is 3.31. The lowest BCUT2D eigenvalue weighted by Gasteiger charge is -2.15. The summed E-state index contributed by atoms with van der Waals surface area (Å²) in [6.45, 7) is 0.263. The fourth-order valence-corrected chi connectivity index (χ4v) is 3.77. The highest BCUT2D eigenvalue weighted by molar-refractivity contribution is 6.39. The van der Waals surface area contributed by atoms with Gasteiger partial charge in [-0.2, -0.15) is 0 Å². The molecule has 0 atom stereocenters. The molecule has 0 aliphatic carbocycles. The van der Waals surface area contributed by atoms with E-state index in [-0.39, 0.29) is 33.4 Å². The Bertz CT molecular complexity index is 1430. The maximum absolute atomic E-state index is 13.0. The molecule has 0 aliphatic heterocycles. The second-order valence-electron chi connectivity index (χ2n) is 6.61. The number of aromatic amines is 1. The van der Waals surface area contributed by atoms with E-state index >= 15 is 0 Å². The van der Waals surface area contributed by atoms with Gasteiger partial charge < -0.3 is 14.9 Å². The van der Waals surface area contributed by atoms with Crippen molar-refractivity contribution in [2.24, 2.45) is 0 Å². The highest BCUT2D eigenvalue weighted by atomic mass is 35.5. The second-order valence-corrected chi connectivity index (χ2v) is 7.83. The summed E-state index contributed by atoms with van der Waals surface area (Å²) in [4.78, 5) is 44.2. The van der Waals surface area contributed by atoms with Crippen molar-refractivity contribution in [2.75, 3.05) is 5.32 Å². The van der Waals surface area contributed by atoms with Crippen LogP contribution in [0.2, 0.25) is 15.1 Å². The predicted molar refractivity (Wildman–Crippen MR) is 122 cm³/mol. The number of amides is 1. The third-order valence-electron chi connectivity index (χ3n) is 4.60. The van der Waals surface area contributed by atoms with Crippen molar-refractivity contribution in [3.05, 3.63) is 102 Å². The Labute approximate surface area is 190 Å². The number of pyridine rings is 3. The average molecular weight is 476 g/mol. The van der Waals surface area contributed by atoms with Gasteiger partial charge in [-0.25, -0.2) is 0 Å². The maximum Gasteiger partial charge on any atom is 0.261 e. The lowest BCUT2D eigenvalue weighted by Crippen LogP contribution is -2.26. The Morgan fingerprint density at radius 1 is 1.00 bits per heavy atom. The van der Waals surface area contributed by atoms with Crippen molar-refractivity contribution in [3.63, 3.8) is 0 Å². The summed E-state index contributed by atoms with van der Waals surface area (Å²) in [6.07, 6.45) is 4.04. The minimum atomic E-state index is -0.737. The number of hydrogen-bond acceptors (Lipinski definition) is 4. The molecule has 1 amide bonds. The molecule has 0 saturated heterocycles. The van der Waals surface area contributed by atoms with Gasteiger partial charge in [0.05, 0.1) is 21.2 Å². The smallest absolute Gasteiger partial charge is 0.261 e. The molecule has 4 rings (SSSR count). The zero-order valence-electron chi connectivity index (χ0n) is 15.7. The summed E-state index contributed by atoms with van der Waals surface area (Å²) in [7, 11) is 0. The van der Waals surface area contributed by atoms with E-state index in [4.69, 9.17) is 34.8 Å². The van der Waals surface area contributed by atoms with Crippen molar-refractivity contribution in [1.29, 1.82) is 0 Å². The highest BCUT2D eigenvalue weighted by Crippen LogP contribution is 2.29. The van der Waals surface area contributed by atoms with Crippen LogP contribution in [0.1, 0.15) is 15.9 Å². The number of nitrogens with zero attached hydrogens (tertiary/aromatic N) is 2. The number of carbonyl (C=O) groups is 1. The number of fused-ring (bicyclic) bond motifs is 1. The molecule has 0 fully saturated rings. The van der Waals surface area contributed by atoms with E-state index in [9.17, 15) is 14.4 Å². The summed E-state index contributed by atoms with van der Waals surface area (Å²) in [6, 6.07) is 10.0. The number of carbonyl (C=O) groups excluding carboxylic acids is 1. The van der Waals surface area contributed by atoms with Gasteiger partial charge in [0.2, 0.25) is 11.0 Å². The van der Waals surface area contributed by atoms with Crippen molar-refractivity contribution in [1.82, 2.24) is 14.5 Å². The van der Waals surface area contributed by atoms with Crippen molar-refractivity contribution in [2.45, 2.75) is 6.54 Å². The quantitative estimate of drug-likeness (QED) is 0.459. The van der Waals surface area contributed by atoms with Crippen LogP contribution in [0.15, 0.2) is 64.6 Å². The molecule has 7 nitrogen and oxygen atoms in total. The van der Waals surface area contributed by atoms with Crippen molar-refractivity contribution < 1.29 is 4.79 Å². The first-order chi connectivity index (χ1) is 14.8. The first-order valence-corrected chi connectivity index (χ1v) is 10.1. The Hall–Kier alpha value is -3.13. The Kier molecular flexibility index (Phi) is 5.82. The average Bonchev–Trinajstić information content (AvgIpc) is 2.74. The van der Waals surface area contributed by atoms with Gasteiger partial charge in [-0.15, -0.1) is 0 Å². The van der Waals surface area contributed by atoms with E-state index in [1.165, 1.54) is 30.7 Å². The SMILES string of the molecule is O=C(Nc1c(Cl)cncc1Cl)c1cn(Cc2ccccc2Cl)c2ccc(=O)[nH]c2c1=O. The van der Waals surface area contributed by atoms with Crippen LogP contribution in [0.25, 0.3) is 11.0 Å². The number of nitrogens with one attached hydrogen (secondary N) is 2. The van der Waals surface area contributed by atoms with Gasteiger partial charge in [-0.1, -0.05) is 53.0 Å². The van der Waals surface area contributed by atoms with Crippen LogP contribution in [0, 0.1) is 0 Å². The molecule has 31 heavy (non-hydrogen) atoms. The number of aromatic nitrogens is 3. The van der Waals surface area contributed by atoms with Crippen LogP contribution >= 0.6 is 34.8 Å². The summed E-state index contributed by atoms with van der Waals surface area (Å²) >= 11 is 18.4. The largest absolute Gasteiger partial charge is 0.341 e. The number of hydrogen-bond donors (Lipinski definition) is 2. The zero-order chi connectivity index (χ0) is 22.1. The molecule has 0 unspecified atom stereocenters. The normalized spacial score (nSPS) is 10.9. The van der Waals surface area contributed by atoms with Gasteiger partial charge in [0.15, 0.2) is 0 Å². The fourth-order valence-electron chi connectivity index (χ4n) is 3.11. The molecule has 3 aromatic heterocycles. The van der Waals surface area contributed by atoms with Gasteiger partial charge in [0.25, 0.3) is 5.91 Å². The lowest BCUT2D eigenvalue weighted by molar-refractivity contribution is 0.102. The monoisotopic (exact) mass is 474 g/mol.